The smallest absolute Gasteiger partial charge is 0 e. The summed E-state index contributed by atoms with van der Waals surface area (Å²) in [5, 5.41) is 0. The summed E-state index contributed by atoms with van der Waals surface area (Å²) < 4.78 is 0. The molecule has 5 heavy (non-hydrogen) atoms. The molecule has 0 amide bonds. The molecule has 0 unspecified atom stereocenters. The molecule has 0 aromatic heterocycles. The molecule has 0 rings (SSSR count). The van der Waals surface area contributed by atoms with Crippen molar-refractivity contribution >= 4 is 8.41 Å². The van der Waals surface area contributed by atoms with E-state index in [1.54, 1.807) is 0 Å². The zero-order valence-electron chi connectivity index (χ0n) is 2.08. The van der Waals surface area contributed by atoms with Gasteiger partial charge in [0.2, 0.25) is 0 Å². The molecule has 0 heterocycles. The van der Waals surface area contributed by atoms with Crippen molar-refractivity contribution in [3.05, 3.63) is 0 Å². The molecule has 0 nitrogen and oxygen atoms in total. The van der Waals surface area contributed by atoms with Crippen LogP contribution in [0.5, 0.6) is 0 Å². The first-order valence-electron chi connectivity index (χ1n) is 0. The summed E-state index contributed by atoms with van der Waals surface area (Å²) in [5.74, 6) is 0. The van der Waals surface area contributed by atoms with E-state index in [-0.39, 0.29) is 85.0 Å². The molecule has 0 aliphatic rings. The average Bonchev–Trinajstić information content (AvgIpc) is 0. The van der Waals surface area contributed by atoms with E-state index in [2.05, 4.69) is 0 Å². The Balaban J connectivity index is 0. The zero-order valence-corrected chi connectivity index (χ0v) is 7.67. The number of hydrogen-bond acceptors (Lipinski definition) is 0. The van der Waals surface area contributed by atoms with Crippen LogP contribution in [0.15, 0.2) is 0 Å². The molecule has 0 atom stereocenters. The Morgan fingerprint density at radius 2 is 1.00 bits per heavy atom. The first-order valence-corrected chi connectivity index (χ1v) is 0. The minimum atomic E-state index is 0. The van der Waals surface area contributed by atoms with Crippen molar-refractivity contribution in [1.82, 2.24) is 0 Å². The van der Waals surface area contributed by atoms with Crippen molar-refractivity contribution in [2.45, 2.75) is 0 Å². The van der Waals surface area contributed by atoms with Crippen LogP contribution in [-0.4, -0.2) is 8.41 Å². The maximum absolute atomic E-state index is 0. The molecule has 0 saturated carbocycles. The van der Waals surface area contributed by atoms with E-state index in [4.69, 9.17) is 0 Å². The quantitative estimate of drug-likeness (QED) is 0.528. The molecule has 0 bridgehead atoms. The predicted octanol–water partition coefficient (Wildman–Crippen LogP) is -0.391. The molecule has 4 radical (unpaired) electrons. The molecule has 0 aromatic carbocycles. The minimum Gasteiger partial charge on any atom is 0 e. The van der Waals surface area contributed by atoms with E-state index < -0.39 is 0 Å². The molecule has 0 spiro atoms. The third-order valence-electron chi connectivity index (χ3n) is 0. The Kier molecular flexibility index (Phi) is 326. The summed E-state index contributed by atoms with van der Waals surface area (Å²) in [4.78, 5) is 0. The maximum atomic E-state index is 0. The third kappa shape index (κ3) is 21.2. The van der Waals surface area contributed by atoms with Crippen molar-refractivity contribution < 1.29 is 76.5 Å². The van der Waals surface area contributed by atoms with Gasteiger partial charge in [0.05, 0.1) is 0 Å². The Labute approximate surface area is 83.9 Å². The molecule has 0 fully saturated rings. The summed E-state index contributed by atoms with van der Waals surface area (Å²) in [7, 11) is 0. The van der Waals surface area contributed by atoms with Gasteiger partial charge in [-0.05, 0) is 0 Å². The van der Waals surface area contributed by atoms with Crippen molar-refractivity contribution in [3.63, 3.8) is 0 Å². The zero-order chi connectivity index (χ0) is 0. The standard InChI is InChI=1S/B.Co.Fe.Ni.Zr. The van der Waals surface area contributed by atoms with Gasteiger partial charge in [-0.1, -0.05) is 0 Å². The molecule has 0 aliphatic carbocycles. The fourth-order valence-electron chi connectivity index (χ4n) is 0. The van der Waals surface area contributed by atoms with Crippen molar-refractivity contribution in [2.24, 2.45) is 0 Å². The maximum Gasteiger partial charge on any atom is 0 e. The first kappa shape index (κ1) is 51.3. The second-order valence-electron chi connectivity index (χ2n) is 0. The van der Waals surface area contributed by atoms with Crippen LogP contribution in [0.2, 0.25) is 0 Å². The monoisotopic (exact) mass is 274 g/mol. The van der Waals surface area contributed by atoms with Crippen LogP contribution in [0, 0.1) is 0 Å². The van der Waals surface area contributed by atoms with E-state index in [9.17, 15) is 0 Å². The van der Waals surface area contributed by atoms with Gasteiger partial charge in [0.15, 0.2) is 0 Å². The van der Waals surface area contributed by atoms with Crippen molar-refractivity contribution in [1.29, 1.82) is 0 Å². The van der Waals surface area contributed by atoms with Crippen LogP contribution in [0.4, 0.5) is 0 Å². The van der Waals surface area contributed by atoms with Gasteiger partial charge in [-0.3, -0.25) is 0 Å². The van der Waals surface area contributed by atoms with E-state index in [0.29, 0.717) is 0 Å². The van der Waals surface area contributed by atoms with Gasteiger partial charge in [0.25, 0.3) is 0 Å². The third-order valence-corrected chi connectivity index (χ3v) is 0. The molecular weight excluding hydrogens is 276 g/mol. The van der Waals surface area contributed by atoms with Gasteiger partial charge in [-0.15, -0.1) is 0 Å². The van der Waals surface area contributed by atoms with Gasteiger partial charge in [-0.2, -0.15) is 0 Å². The Morgan fingerprint density at radius 3 is 1.00 bits per heavy atom. The summed E-state index contributed by atoms with van der Waals surface area (Å²) in [6, 6.07) is 0. The summed E-state index contributed by atoms with van der Waals surface area (Å²) >= 11 is 0. The molecule has 0 aromatic rings. The largest absolute Gasteiger partial charge is 0 e. The fraction of sp³-hybridized carbons (Fsp3) is 0. The molecule has 0 N–H and O–H groups in total. The molecule has 0 saturated heterocycles. The Hall–Kier alpha value is 2.47. The van der Waals surface area contributed by atoms with E-state index in [1.807, 2.05) is 0 Å². The molecule has 5 heteroatoms. The van der Waals surface area contributed by atoms with Crippen LogP contribution >= 0.6 is 0 Å². The van der Waals surface area contributed by atoms with Gasteiger partial charge < -0.3 is 0 Å². The summed E-state index contributed by atoms with van der Waals surface area (Å²) in [6.07, 6.45) is 0. The predicted molar refractivity (Wildman–Crippen MR) is 5.75 cm³/mol. The SMILES string of the molecule is [B].[Co].[Fe].[Ni].[Zr]. The van der Waals surface area contributed by atoms with Crippen LogP contribution in [0.1, 0.15) is 0 Å². The number of rotatable bonds is 0. The Bertz CT molecular complexity index is 11.6. The van der Waals surface area contributed by atoms with Crippen LogP contribution in [0.3, 0.4) is 0 Å². The molecule has 34 valence electrons. The van der Waals surface area contributed by atoms with Crippen LogP contribution in [-0.2, 0) is 76.5 Å². The molecule has 0 aliphatic heterocycles. The minimum absolute atomic E-state index is 0. The van der Waals surface area contributed by atoms with Crippen molar-refractivity contribution in [2.75, 3.05) is 0 Å². The average molecular weight is 276 g/mol. The summed E-state index contributed by atoms with van der Waals surface area (Å²) in [5.41, 5.74) is 0. The topological polar surface area (TPSA) is 0 Å². The van der Waals surface area contributed by atoms with Crippen molar-refractivity contribution in [3.8, 4) is 0 Å². The van der Waals surface area contributed by atoms with Crippen LogP contribution in [0.25, 0.3) is 0 Å². The van der Waals surface area contributed by atoms with E-state index in [1.165, 1.54) is 0 Å². The van der Waals surface area contributed by atoms with Gasteiger partial charge in [-0.25, -0.2) is 0 Å². The second kappa shape index (κ2) is 31.8. The summed E-state index contributed by atoms with van der Waals surface area (Å²) in [6.45, 7) is 0. The van der Waals surface area contributed by atoms with E-state index >= 15 is 0 Å². The van der Waals surface area contributed by atoms with Gasteiger partial charge in [0.1, 0.15) is 0 Å². The fourth-order valence-corrected chi connectivity index (χ4v) is 0. The number of hydrogen-bond donors (Lipinski definition) is 0. The van der Waals surface area contributed by atoms with Gasteiger partial charge in [0, 0.05) is 85.0 Å². The normalized spacial score (nSPS) is 0. The first-order chi connectivity index (χ1) is 0. The molecular formula is BCoFeNiZr. The Morgan fingerprint density at radius 1 is 1.00 bits per heavy atom. The second-order valence-corrected chi connectivity index (χ2v) is 0. The van der Waals surface area contributed by atoms with Crippen LogP contribution < -0.4 is 0 Å². The van der Waals surface area contributed by atoms with E-state index in [0.717, 1.165) is 0 Å². The van der Waals surface area contributed by atoms with Gasteiger partial charge >= 0.3 is 0 Å².